The number of amides is 3. The Morgan fingerprint density at radius 3 is 2.48 bits per heavy atom. The molecular formula is C22H36N4O3. The summed E-state index contributed by atoms with van der Waals surface area (Å²) in [7, 11) is 1.75. The summed E-state index contributed by atoms with van der Waals surface area (Å²) in [5, 5.41) is 5.86. The van der Waals surface area contributed by atoms with Gasteiger partial charge in [0.2, 0.25) is 5.91 Å². The molecule has 0 aliphatic carbocycles. The topological polar surface area (TPSA) is 73.9 Å². The van der Waals surface area contributed by atoms with Crippen molar-refractivity contribution in [2.75, 3.05) is 46.4 Å². The van der Waals surface area contributed by atoms with Gasteiger partial charge in [-0.25, -0.2) is 4.79 Å². The first-order valence-electron chi connectivity index (χ1n) is 10.6. The van der Waals surface area contributed by atoms with Gasteiger partial charge in [-0.15, -0.1) is 0 Å². The van der Waals surface area contributed by atoms with Crippen LogP contribution in [-0.4, -0.2) is 74.2 Å². The molecule has 1 saturated heterocycles. The van der Waals surface area contributed by atoms with E-state index >= 15 is 0 Å². The van der Waals surface area contributed by atoms with Crippen LogP contribution in [-0.2, 0) is 16.1 Å². The molecule has 1 atom stereocenters. The quantitative estimate of drug-likeness (QED) is 0.626. The zero-order valence-corrected chi connectivity index (χ0v) is 18.0. The average Bonchev–Trinajstić information content (AvgIpc) is 2.72. The number of benzene rings is 1. The molecule has 0 bridgehead atoms. The van der Waals surface area contributed by atoms with Crippen LogP contribution in [0, 0.1) is 5.92 Å². The van der Waals surface area contributed by atoms with Crippen molar-refractivity contribution in [3.05, 3.63) is 35.9 Å². The van der Waals surface area contributed by atoms with Crippen LogP contribution in [0.3, 0.4) is 0 Å². The van der Waals surface area contributed by atoms with E-state index < -0.39 is 0 Å². The Labute approximate surface area is 174 Å². The van der Waals surface area contributed by atoms with Crippen molar-refractivity contribution in [2.45, 2.75) is 39.3 Å². The third kappa shape index (κ3) is 8.83. The summed E-state index contributed by atoms with van der Waals surface area (Å²) >= 11 is 0. The second-order valence-electron chi connectivity index (χ2n) is 8.06. The molecule has 162 valence electrons. The van der Waals surface area contributed by atoms with Crippen molar-refractivity contribution in [2.24, 2.45) is 5.92 Å². The minimum Gasteiger partial charge on any atom is -0.379 e. The van der Waals surface area contributed by atoms with Crippen molar-refractivity contribution in [1.29, 1.82) is 0 Å². The molecule has 1 unspecified atom stereocenters. The van der Waals surface area contributed by atoms with E-state index in [4.69, 9.17) is 4.74 Å². The molecule has 7 nitrogen and oxygen atoms in total. The monoisotopic (exact) mass is 404 g/mol. The number of nitrogens with zero attached hydrogens (tertiary/aromatic N) is 2. The molecular weight excluding hydrogens is 368 g/mol. The number of morpholine rings is 1. The van der Waals surface area contributed by atoms with Crippen molar-refractivity contribution >= 4 is 11.9 Å². The lowest BCUT2D eigenvalue weighted by Gasteiger charge is -2.35. The molecule has 1 aliphatic heterocycles. The number of carbonyl (C=O) groups is 2. The van der Waals surface area contributed by atoms with E-state index in [1.807, 2.05) is 30.3 Å². The zero-order valence-electron chi connectivity index (χ0n) is 18.0. The maximum Gasteiger partial charge on any atom is 0.317 e. The highest BCUT2D eigenvalue weighted by Crippen LogP contribution is 2.13. The van der Waals surface area contributed by atoms with Gasteiger partial charge >= 0.3 is 6.03 Å². The van der Waals surface area contributed by atoms with E-state index in [1.54, 1.807) is 11.9 Å². The minimum absolute atomic E-state index is 0.0296. The molecule has 1 heterocycles. The highest BCUT2D eigenvalue weighted by atomic mass is 16.5. The molecule has 7 heteroatoms. The van der Waals surface area contributed by atoms with Crippen molar-refractivity contribution in [3.8, 4) is 0 Å². The molecule has 0 aromatic heterocycles. The molecule has 2 rings (SSSR count). The van der Waals surface area contributed by atoms with E-state index in [1.165, 1.54) is 0 Å². The summed E-state index contributed by atoms with van der Waals surface area (Å²) in [4.78, 5) is 28.4. The lowest BCUT2D eigenvalue weighted by Crippen LogP contribution is -2.49. The third-order valence-electron chi connectivity index (χ3n) is 5.08. The number of hydrogen-bond acceptors (Lipinski definition) is 4. The maximum absolute atomic E-state index is 12.2. The second-order valence-corrected chi connectivity index (χ2v) is 8.06. The Morgan fingerprint density at radius 1 is 1.14 bits per heavy atom. The Bertz CT molecular complexity index is 618. The Hall–Kier alpha value is -2.12. The Morgan fingerprint density at radius 2 is 1.83 bits per heavy atom. The molecule has 1 aromatic carbocycles. The molecule has 0 saturated carbocycles. The minimum atomic E-state index is -0.173. The summed E-state index contributed by atoms with van der Waals surface area (Å²) in [6.07, 6.45) is 1.32. The molecule has 1 fully saturated rings. The van der Waals surface area contributed by atoms with Crippen molar-refractivity contribution in [1.82, 2.24) is 20.4 Å². The lowest BCUT2D eigenvalue weighted by atomic mass is 10.0. The number of rotatable bonds is 10. The number of hydrogen-bond donors (Lipinski definition) is 2. The molecule has 0 spiro atoms. The number of nitrogens with one attached hydrogen (secondary N) is 2. The van der Waals surface area contributed by atoms with E-state index in [9.17, 15) is 9.59 Å². The van der Waals surface area contributed by atoms with Gasteiger partial charge in [-0.3, -0.25) is 9.69 Å². The van der Waals surface area contributed by atoms with Crippen LogP contribution in [0.15, 0.2) is 30.3 Å². The van der Waals surface area contributed by atoms with Gasteiger partial charge in [0.25, 0.3) is 0 Å². The first-order chi connectivity index (χ1) is 14.0. The average molecular weight is 405 g/mol. The Balaban J connectivity index is 1.67. The van der Waals surface area contributed by atoms with E-state index in [2.05, 4.69) is 29.4 Å². The predicted molar refractivity (Wildman–Crippen MR) is 115 cm³/mol. The molecule has 1 aliphatic rings. The molecule has 0 radical (unpaired) electrons. The van der Waals surface area contributed by atoms with E-state index in [0.29, 0.717) is 31.6 Å². The van der Waals surface area contributed by atoms with Gasteiger partial charge in [0, 0.05) is 52.2 Å². The van der Waals surface area contributed by atoms with Gasteiger partial charge in [0.1, 0.15) is 0 Å². The first-order valence-corrected chi connectivity index (χ1v) is 10.6. The van der Waals surface area contributed by atoms with Gasteiger partial charge in [-0.05, 0) is 17.9 Å². The third-order valence-corrected chi connectivity index (χ3v) is 5.08. The van der Waals surface area contributed by atoms with Crippen LogP contribution in [0.2, 0.25) is 0 Å². The molecule has 29 heavy (non-hydrogen) atoms. The van der Waals surface area contributed by atoms with Crippen LogP contribution in [0.4, 0.5) is 4.79 Å². The largest absolute Gasteiger partial charge is 0.379 e. The summed E-state index contributed by atoms with van der Waals surface area (Å²) < 4.78 is 5.44. The van der Waals surface area contributed by atoms with Gasteiger partial charge in [0.15, 0.2) is 0 Å². The van der Waals surface area contributed by atoms with Gasteiger partial charge in [-0.2, -0.15) is 0 Å². The van der Waals surface area contributed by atoms with Crippen LogP contribution in [0.25, 0.3) is 0 Å². The standard InChI is InChI=1S/C22H36N4O3/c1-18(2)15-20(26-11-13-29-14-12-26)16-24-21(27)9-10-23-22(28)25(3)17-19-7-5-4-6-8-19/h4-8,18,20H,9-17H2,1-3H3,(H,23,28)(H,24,27). The van der Waals surface area contributed by atoms with Crippen LogP contribution in [0.5, 0.6) is 0 Å². The normalized spacial score (nSPS) is 15.7. The highest BCUT2D eigenvalue weighted by Gasteiger charge is 2.22. The summed E-state index contributed by atoms with van der Waals surface area (Å²) in [5.74, 6) is 0.539. The number of carbonyl (C=O) groups excluding carboxylic acids is 2. The smallest absolute Gasteiger partial charge is 0.317 e. The lowest BCUT2D eigenvalue weighted by molar-refractivity contribution is -0.121. The fraction of sp³-hybridized carbons (Fsp3) is 0.636. The van der Waals surface area contributed by atoms with E-state index in [-0.39, 0.29) is 18.4 Å². The summed E-state index contributed by atoms with van der Waals surface area (Å²) in [6, 6.07) is 9.98. The fourth-order valence-corrected chi connectivity index (χ4v) is 3.52. The Kier molecular flexibility index (Phi) is 9.94. The molecule has 2 N–H and O–H groups in total. The number of urea groups is 1. The second kappa shape index (κ2) is 12.4. The SMILES string of the molecule is CC(C)CC(CNC(=O)CCNC(=O)N(C)Cc1ccccc1)N1CCOCC1. The summed E-state index contributed by atoms with van der Waals surface area (Å²) in [5.41, 5.74) is 1.07. The van der Waals surface area contributed by atoms with Gasteiger partial charge < -0.3 is 20.3 Å². The molecule has 1 aromatic rings. The zero-order chi connectivity index (χ0) is 21.1. The first kappa shape index (κ1) is 23.2. The predicted octanol–water partition coefficient (Wildman–Crippen LogP) is 2.08. The number of ether oxygens (including phenoxy) is 1. The fourth-order valence-electron chi connectivity index (χ4n) is 3.52. The van der Waals surface area contributed by atoms with Crippen LogP contribution < -0.4 is 10.6 Å². The maximum atomic E-state index is 12.2. The molecule has 3 amide bonds. The van der Waals surface area contributed by atoms with Crippen LogP contribution >= 0.6 is 0 Å². The van der Waals surface area contributed by atoms with Crippen LogP contribution in [0.1, 0.15) is 32.3 Å². The highest BCUT2D eigenvalue weighted by molar-refractivity contribution is 5.78. The summed E-state index contributed by atoms with van der Waals surface area (Å²) in [6.45, 7) is 9.25. The van der Waals surface area contributed by atoms with Gasteiger partial charge in [-0.1, -0.05) is 44.2 Å². The van der Waals surface area contributed by atoms with Crippen molar-refractivity contribution in [3.63, 3.8) is 0 Å². The van der Waals surface area contributed by atoms with Crippen molar-refractivity contribution < 1.29 is 14.3 Å². The van der Waals surface area contributed by atoms with E-state index in [0.717, 1.165) is 38.3 Å². The van der Waals surface area contributed by atoms with Gasteiger partial charge in [0.05, 0.1) is 13.2 Å².